The van der Waals surface area contributed by atoms with Gasteiger partial charge in [-0.2, -0.15) is 4.31 Å². The van der Waals surface area contributed by atoms with E-state index in [0.717, 1.165) is 37.5 Å². The molecule has 0 saturated carbocycles. The molecule has 1 aliphatic rings. The van der Waals surface area contributed by atoms with E-state index in [1.807, 2.05) is 0 Å². The number of benzene rings is 2. The molecule has 2 aromatic carbocycles. The van der Waals surface area contributed by atoms with E-state index in [1.54, 1.807) is 0 Å². The fourth-order valence-corrected chi connectivity index (χ4v) is 5.28. The van der Waals surface area contributed by atoms with Gasteiger partial charge in [-0.15, -0.1) is 0 Å². The minimum atomic E-state index is -3.87. The van der Waals surface area contributed by atoms with Gasteiger partial charge in [0.25, 0.3) is 0 Å². The van der Waals surface area contributed by atoms with Crippen molar-refractivity contribution in [2.24, 2.45) is 0 Å². The lowest BCUT2D eigenvalue weighted by Crippen LogP contribution is -2.35. The Morgan fingerprint density at radius 3 is 2.48 bits per heavy atom. The Labute approximate surface area is 184 Å². The lowest BCUT2D eigenvalue weighted by Gasteiger charge is -2.26. The molecular formula is C21H21ClFNO6S. The van der Waals surface area contributed by atoms with Crippen LogP contribution in [0.5, 0.6) is 5.75 Å². The average molecular weight is 470 g/mol. The summed E-state index contributed by atoms with van der Waals surface area (Å²) in [7, 11) is -2.54. The summed E-state index contributed by atoms with van der Waals surface area (Å²) in [5.74, 6) is -2.07. The van der Waals surface area contributed by atoms with Crippen LogP contribution >= 0.6 is 11.6 Å². The van der Waals surface area contributed by atoms with E-state index >= 15 is 0 Å². The number of halogens is 2. The van der Waals surface area contributed by atoms with Gasteiger partial charge in [-0.05, 0) is 49.2 Å². The fraction of sp³-hybridized carbons (Fsp3) is 0.333. The average Bonchev–Trinajstić information content (AvgIpc) is 2.78. The van der Waals surface area contributed by atoms with Gasteiger partial charge in [0, 0.05) is 13.1 Å². The van der Waals surface area contributed by atoms with Crippen LogP contribution < -0.4 is 4.74 Å². The summed E-state index contributed by atoms with van der Waals surface area (Å²) < 4.78 is 50.7. The summed E-state index contributed by atoms with van der Waals surface area (Å²) in [6.07, 6.45) is 2.46. The number of carbonyl (C=O) groups is 2. The molecule has 0 unspecified atom stereocenters. The Morgan fingerprint density at radius 2 is 1.81 bits per heavy atom. The molecule has 1 saturated heterocycles. The Hall–Kier alpha value is -2.49. The van der Waals surface area contributed by atoms with Crippen molar-refractivity contribution in [2.75, 3.05) is 26.8 Å². The molecule has 7 nitrogen and oxygen atoms in total. The third-order valence-corrected chi connectivity index (χ3v) is 7.28. The van der Waals surface area contributed by atoms with E-state index in [-0.39, 0.29) is 26.8 Å². The van der Waals surface area contributed by atoms with Crippen LogP contribution in [0.3, 0.4) is 0 Å². The third kappa shape index (κ3) is 5.23. The van der Waals surface area contributed by atoms with Gasteiger partial charge in [-0.25, -0.2) is 17.6 Å². The van der Waals surface area contributed by atoms with Crippen LogP contribution in [0.1, 0.15) is 40.0 Å². The molecule has 0 spiro atoms. The largest absolute Gasteiger partial charge is 0.496 e. The number of ketones is 1. The highest BCUT2D eigenvalue weighted by Crippen LogP contribution is 2.28. The van der Waals surface area contributed by atoms with Crippen molar-refractivity contribution in [1.82, 2.24) is 4.31 Å². The monoisotopic (exact) mass is 469 g/mol. The quantitative estimate of drug-likeness (QED) is 0.453. The van der Waals surface area contributed by atoms with E-state index in [1.165, 1.54) is 29.6 Å². The number of nitrogens with zero attached hydrogens (tertiary/aromatic N) is 1. The molecule has 1 fully saturated rings. The first-order valence-corrected chi connectivity index (χ1v) is 11.4. The number of hydrogen-bond acceptors (Lipinski definition) is 6. The van der Waals surface area contributed by atoms with Gasteiger partial charge >= 0.3 is 5.97 Å². The SMILES string of the molecule is COc1ccc(F)cc1C(=O)COC(=O)c1ccc(Cl)c(S(=O)(=O)N2CCCCC2)c1. The molecule has 10 heteroatoms. The molecule has 0 atom stereocenters. The molecule has 0 aliphatic carbocycles. The lowest BCUT2D eigenvalue weighted by molar-refractivity contribution is 0.0473. The molecule has 0 bridgehead atoms. The van der Waals surface area contributed by atoms with E-state index in [4.69, 9.17) is 21.1 Å². The Kier molecular flexibility index (Phi) is 7.30. The first kappa shape index (κ1) is 23.2. The van der Waals surface area contributed by atoms with Gasteiger partial charge in [0.05, 0.1) is 23.3 Å². The molecule has 0 aromatic heterocycles. The Balaban J connectivity index is 1.76. The predicted octanol–water partition coefficient (Wildman–Crippen LogP) is 3.70. The molecule has 1 heterocycles. The number of rotatable bonds is 7. The summed E-state index contributed by atoms with van der Waals surface area (Å²) in [6.45, 7) is 0.101. The van der Waals surface area contributed by atoms with Gasteiger partial charge in [0.15, 0.2) is 6.61 Å². The van der Waals surface area contributed by atoms with Crippen molar-refractivity contribution in [3.63, 3.8) is 0 Å². The molecule has 0 N–H and O–H groups in total. The normalized spacial score (nSPS) is 14.8. The fourth-order valence-electron chi connectivity index (χ4n) is 3.26. The zero-order valence-electron chi connectivity index (χ0n) is 16.8. The number of methoxy groups -OCH3 is 1. The molecule has 1 aliphatic heterocycles. The second-order valence-electron chi connectivity index (χ2n) is 6.95. The Morgan fingerprint density at radius 1 is 1.10 bits per heavy atom. The minimum absolute atomic E-state index is 0.0114. The topological polar surface area (TPSA) is 90.0 Å². The van der Waals surface area contributed by atoms with Gasteiger partial charge < -0.3 is 9.47 Å². The number of esters is 1. The van der Waals surface area contributed by atoms with Crippen molar-refractivity contribution >= 4 is 33.4 Å². The van der Waals surface area contributed by atoms with Gasteiger partial charge in [0.2, 0.25) is 15.8 Å². The van der Waals surface area contributed by atoms with E-state index < -0.39 is 34.2 Å². The maximum absolute atomic E-state index is 13.5. The Bertz CT molecular complexity index is 1100. The molecule has 0 amide bonds. The highest BCUT2D eigenvalue weighted by Gasteiger charge is 2.29. The number of ether oxygens (including phenoxy) is 2. The zero-order valence-corrected chi connectivity index (χ0v) is 18.3. The van der Waals surface area contributed by atoms with Crippen LogP contribution in [0.15, 0.2) is 41.3 Å². The summed E-state index contributed by atoms with van der Waals surface area (Å²) in [5.41, 5.74) is -0.140. The van der Waals surface area contributed by atoms with Crippen molar-refractivity contribution in [3.8, 4) is 5.75 Å². The second-order valence-corrected chi connectivity index (χ2v) is 9.27. The van der Waals surface area contributed by atoms with Gasteiger partial charge in [-0.3, -0.25) is 4.79 Å². The predicted molar refractivity (Wildman–Crippen MR) is 112 cm³/mol. The van der Waals surface area contributed by atoms with Crippen molar-refractivity contribution in [2.45, 2.75) is 24.2 Å². The van der Waals surface area contributed by atoms with Gasteiger partial charge in [-0.1, -0.05) is 18.0 Å². The highest BCUT2D eigenvalue weighted by molar-refractivity contribution is 7.89. The summed E-state index contributed by atoms with van der Waals surface area (Å²) in [5, 5.41) is -0.0114. The van der Waals surface area contributed by atoms with Gasteiger partial charge in [0.1, 0.15) is 16.5 Å². The van der Waals surface area contributed by atoms with Crippen LogP contribution in [0.25, 0.3) is 0 Å². The molecule has 3 rings (SSSR count). The number of Topliss-reactive ketones (excluding diaryl/α,β-unsaturated/α-hetero) is 1. The van der Waals surface area contributed by atoms with Crippen LogP contribution in [0.4, 0.5) is 4.39 Å². The zero-order chi connectivity index (χ0) is 22.6. The van der Waals surface area contributed by atoms with Crippen LogP contribution in [-0.2, 0) is 14.8 Å². The first-order valence-electron chi connectivity index (χ1n) is 9.57. The van der Waals surface area contributed by atoms with E-state index in [0.29, 0.717) is 13.1 Å². The minimum Gasteiger partial charge on any atom is -0.496 e. The van der Waals surface area contributed by atoms with Crippen LogP contribution in [0.2, 0.25) is 5.02 Å². The third-order valence-electron chi connectivity index (χ3n) is 4.90. The maximum Gasteiger partial charge on any atom is 0.338 e. The number of carbonyl (C=O) groups excluding carboxylic acids is 2. The molecule has 2 aromatic rings. The first-order chi connectivity index (χ1) is 14.7. The van der Waals surface area contributed by atoms with Crippen LogP contribution in [0, 0.1) is 5.82 Å². The second kappa shape index (κ2) is 9.76. The molecule has 31 heavy (non-hydrogen) atoms. The van der Waals surface area contributed by atoms with E-state index in [2.05, 4.69) is 0 Å². The standard InChI is InChI=1S/C21H21ClFNO6S/c1-29-19-8-6-15(23)12-16(19)18(25)13-30-21(26)14-5-7-17(22)20(11-14)31(27,28)24-9-3-2-4-10-24/h5-8,11-12H,2-4,9-10,13H2,1H3. The molecular weight excluding hydrogens is 449 g/mol. The van der Waals surface area contributed by atoms with E-state index in [9.17, 15) is 22.4 Å². The number of sulfonamides is 1. The van der Waals surface area contributed by atoms with Crippen LogP contribution in [-0.4, -0.2) is 51.3 Å². The summed E-state index contributed by atoms with van der Waals surface area (Å²) >= 11 is 6.10. The van der Waals surface area contributed by atoms with Crippen molar-refractivity contribution in [3.05, 3.63) is 58.4 Å². The highest BCUT2D eigenvalue weighted by atomic mass is 35.5. The summed E-state index contributed by atoms with van der Waals surface area (Å²) in [4.78, 5) is 24.6. The lowest BCUT2D eigenvalue weighted by atomic mass is 10.1. The van der Waals surface area contributed by atoms with Crippen molar-refractivity contribution < 1.29 is 31.9 Å². The maximum atomic E-state index is 13.5. The molecule has 166 valence electrons. The van der Waals surface area contributed by atoms with Crippen molar-refractivity contribution in [1.29, 1.82) is 0 Å². The number of piperidine rings is 1. The smallest absolute Gasteiger partial charge is 0.338 e. The molecule has 0 radical (unpaired) electrons. The number of hydrogen-bond donors (Lipinski definition) is 0. The summed E-state index contributed by atoms with van der Waals surface area (Å²) in [6, 6.07) is 7.17.